The first kappa shape index (κ1) is 16.8. The highest BCUT2D eigenvalue weighted by molar-refractivity contribution is 5.95. The van der Waals surface area contributed by atoms with E-state index in [0.29, 0.717) is 32.1 Å². The number of carbonyl (C=O) groups excluding carboxylic acids is 2. The second-order valence-corrected chi connectivity index (χ2v) is 6.99. The molecule has 1 aromatic rings. The molecule has 0 saturated heterocycles. The Morgan fingerprint density at radius 3 is 2.54 bits per heavy atom. The summed E-state index contributed by atoms with van der Waals surface area (Å²) < 4.78 is 38.4. The van der Waals surface area contributed by atoms with E-state index in [1.165, 1.54) is 12.1 Å². The molecule has 3 rings (SSSR count). The first-order valence-electron chi connectivity index (χ1n) is 7.96. The molecule has 7 heteroatoms. The predicted molar refractivity (Wildman–Crippen MR) is 81.0 cm³/mol. The molecule has 2 fully saturated rings. The number of hydrogen-bond donors (Lipinski definition) is 2. The largest absolute Gasteiger partial charge is 0.416 e. The van der Waals surface area contributed by atoms with Crippen molar-refractivity contribution < 1.29 is 22.8 Å². The Balaban J connectivity index is 1.80. The number of halogens is 3. The minimum absolute atomic E-state index is 0.0265. The van der Waals surface area contributed by atoms with Crippen LogP contribution in [0.25, 0.3) is 0 Å². The van der Waals surface area contributed by atoms with E-state index in [9.17, 15) is 22.8 Å². The highest BCUT2D eigenvalue weighted by atomic mass is 19.4. The Bertz CT molecular complexity index is 689. The summed E-state index contributed by atoms with van der Waals surface area (Å²) in [5.74, 6) is -0.888. The van der Waals surface area contributed by atoms with Crippen LogP contribution in [0.4, 0.5) is 13.2 Å². The number of rotatable bonds is 3. The van der Waals surface area contributed by atoms with Crippen LogP contribution in [0.2, 0.25) is 0 Å². The predicted octanol–water partition coefficient (Wildman–Crippen LogP) is 3.01. The van der Waals surface area contributed by atoms with Crippen LogP contribution in [0.5, 0.6) is 0 Å². The molecule has 2 aliphatic rings. The molecule has 0 aromatic heterocycles. The van der Waals surface area contributed by atoms with Gasteiger partial charge in [0.05, 0.1) is 11.0 Å². The molecule has 0 heterocycles. The Morgan fingerprint density at radius 2 is 1.88 bits per heavy atom. The first-order valence-corrected chi connectivity index (χ1v) is 7.96. The Hall–Kier alpha value is -2.05. The van der Waals surface area contributed by atoms with E-state index in [-0.39, 0.29) is 11.5 Å². The van der Waals surface area contributed by atoms with Crippen LogP contribution in [-0.2, 0) is 11.0 Å². The zero-order valence-electron chi connectivity index (χ0n) is 13.1. The van der Waals surface area contributed by atoms with Gasteiger partial charge in [0.2, 0.25) is 5.91 Å². The fraction of sp³-hybridized carbons (Fsp3) is 0.529. The van der Waals surface area contributed by atoms with E-state index in [0.717, 1.165) is 18.6 Å². The van der Waals surface area contributed by atoms with Gasteiger partial charge in [-0.2, -0.15) is 13.2 Å². The van der Waals surface area contributed by atoms with Crippen molar-refractivity contribution in [2.45, 2.75) is 50.2 Å². The highest BCUT2D eigenvalue weighted by Gasteiger charge is 2.54. The summed E-state index contributed by atoms with van der Waals surface area (Å²) in [5.41, 5.74) is 3.53. The lowest BCUT2D eigenvalue weighted by atomic mass is 9.72. The van der Waals surface area contributed by atoms with Crippen LogP contribution in [0, 0.1) is 5.41 Å². The van der Waals surface area contributed by atoms with Gasteiger partial charge in [-0.3, -0.25) is 9.59 Å². The van der Waals surface area contributed by atoms with Crippen molar-refractivity contribution in [1.29, 1.82) is 0 Å². The van der Waals surface area contributed by atoms with E-state index in [2.05, 4.69) is 5.32 Å². The summed E-state index contributed by atoms with van der Waals surface area (Å²) in [6.07, 6.45) is -0.582. The third kappa shape index (κ3) is 2.87. The lowest BCUT2D eigenvalue weighted by Crippen LogP contribution is -2.51. The fourth-order valence-corrected chi connectivity index (χ4v) is 4.15. The zero-order valence-corrected chi connectivity index (χ0v) is 13.1. The molecule has 0 radical (unpaired) electrons. The third-order valence-corrected chi connectivity index (χ3v) is 5.42. The molecule has 2 unspecified atom stereocenters. The minimum atomic E-state index is -4.49. The van der Waals surface area contributed by atoms with E-state index < -0.39 is 28.6 Å². The van der Waals surface area contributed by atoms with Crippen molar-refractivity contribution in [1.82, 2.24) is 5.32 Å². The number of alkyl halides is 3. The number of hydrogen-bond acceptors (Lipinski definition) is 2. The molecule has 2 atom stereocenters. The van der Waals surface area contributed by atoms with Gasteiger partial charge in [-0.25, -0.2) is 0 Å². The quantitative estimate of drug-likeness (QED) is 0.888. The van der Waals surface area contributed by atoms with Gasteiger partial charge in [-0.1, -0.05) is 12.5 Å². The molecule has 0 aliphatic heterocycles. The van der Waals surface area contributed by atoms with E-state index in [1.807, 2.05) is 0 Å². The maximum Gasteiger partial charge on any atom is 0.416 e. The molecular weight excluding hydrogens is 321 g/mol. The first-order chi connectivity index (χ1) is 11.2. The van der Waals surface area contributed by atoms with Crippen LogP contribution >= 0.6 is 0 Å². The Morgan fingerprint density at radius 1 is 1.12 bits per heavy atom. The highest BCUT2D eigenvalue weighted by Crippen LogP contribution is 2.53. The molecule has 130 valence electrons. The summed E-state index contributed by atoms with van der Waals surface area (Å²) >= 11 is 0. The van der Waals surface area contributed by atoms with Crippen molar-refractivity contribution in [3.8, 4) is 0 Å². The number of carbonyl (C=O) groups is 2. The van der Waals surface area contributed by atoms with Gasteiger partial charge in [-0.05, 0) is 50.3 Å². The van der Waals surface area contributed by atoms with Crippen molar-refractivity contribution in [3.63, 3.8) is 0 Å². The number of nitrogens with one attached hydrogen (secondary N) is 1. The zero-order chi connectivity index (χ0) is 17.6. The smallest absolute Gasteiger partial charge is 0.369 e. The van der Waals surface area contributed by atoms with Crippen molar-refractivity contribution in [2.24, 2.45) is 11.1 Å². The van der Waals surface area contributed by atoms with Crippen LogP contribution in [0.15, 0.2) is 24.3 Å². The minimum Gasteiger partial charge on any atom is -0.369 e. The summed E-state index contributed by atoms with van der Waals surface area (Å²) in [7, 11) is 0. The normalized spacial score (nSPS) is 29.3. The molecular formula is C17H19F3N2O2. The molecule has 24 heavy (non-hydrogen) atoms. The second kappa shape index (κ2) is 5.50. The number of primary amides is 1. The van der Waals surface area contributed by atoms with Gasteiger partial charge in [0.25, 0.3) is 5.91 Å². The molecule has 0 spiro atoms. The third-order valence-electron chi connectivity index (χ3n) is 5.42. The number of benzene rings is 1. The van der Waals surface area contributed by atoms with Crippen LogP contribution in [-0.4, -0.2) is 17.4 Å². The van der Waals surface area contributed by atoms with Crippen LogP contribution < -0.4 is 11.1 Å². The Kier molecular flexibility index (Phi) is 3.85. The maximum atomic E-state index is 12.8. The van der Waals surface area contributed by atoms with Gasteiger partial charge >= 0.3 is 6.18 Å². The molecule has 2 saturated carbocycles. The van der Waals surface area contributed by atoms with E-state index in [1.54, 1.807) is 0 Å². The molecule has 1 aromatic carbocycles. The van der Waals surface area contributed by atoms with Gasteiger partial charge in [0.1, 0.15) is 0 Å². The van der Waals surface area contributed by atoms with E-state index in [4.69, 9.17) is 5.73 Å². The molecule has 4 nitrogen and oxygen atoms in total. The average Bonchev–Trinajstić information content (AvgIpc) is 2.78. The summed E-state index contributed by atoms with van der Waals surface area (Å²) in [4.78, 5) is 24.2. The fourth-order valence-electron chi connectivity index (χ4n) is 4.15. The van der Waals surface area contributed by atoms with Gasteiger partial charge in [0, 0.05) is 11.1 Å². The average molecular weight is 340 g/mol. The van der Waals surface area contributed by atoms with Crippen molar-refractivity contribution >= 4 is 11.8 Å². The number of fused-ring (bicyclic) bond motifs is 2. The maximum absolute atomic E-state index is 12.8. The second-order valence-electron chi connectivity index (χ2n) is 6.99. The molecule has 3 N–H and O–H groups in total. The van der Waals surface area contributed by atoms with Crippen LogP contribution in [0.1, 0.15) is 54.4 Å². The lowest BCUT2D eigenvalue weighted by Gasteiger charge is -2.38. The monoisotopic (exact) mass is 340 g/mol. The van der Waals surface area contributed by atoms with Crippen molar-refractivity contribution in [3.05, 3.63) is 35.4 Å². The standard InChI is InChI=1S/C17H19F3N2O2/c18-17(19,20)12-4-1-3-11(9-12)13(23)22-16-6-2-5-15(10-16,7-8-16)14(21)24/h1,3-4,9H,2,5-8,10H2,(H2,21,24)(H,22,23). The van der Waals surface area contributed by atoms with Gasteiger partial charge < -0.3 is 11.1 Å². The van der Waals surface area contributed by atoms with Gasteiger partial charge in [-0.15, -0.1) is 0 Å². The SMILES string of the molecule is NC(=O)C12CCCC(NC(=O)c3cccc(C(F)(F)F)c3)(CC1)C2. The molecule has 2 amide bonds. The van der Waals surface area contributed by atoms with Crippen LogP contribution in [0.3, 0.4) is 0 Å². The number of nitrogens with two attached hydrogens (primary N) is 1. The summed E-state index contributed by atoms with van der Waals surface area (Å²) in [6, 6.07) is 4.37. The topological polar surface area (TPSA) is 72.2 Å². The van der Waals surface area contributed by atoms with Crippen molar-refractivity contribution in [2.75, 3.05) is 0 Å². The van der Waals surface area contributed by atoms with Gasteiger partial charge in [0.15, 0.2) is 0 Å². The Labute approximate surface area is 137 Å². The lowest BCUT2D eigenvalue weighted by molar-refractivity contribution is -0.137. The molecule has 2 aliphatic carbocycles. The summed E-state index contributed by atoms with van der Waals surface area (Å²) in [5, 5.41) is 2.88. The van der Waals surface area contributed by atoms with E-state index >= 15 is 0 Å². The summed E-state index contributed by atoms with van der Waals surface area (Å²) in [6.45, 7) is 0. The molecule has 2 bridgehead atoms. The number of amides is 2.